The van der Waals surface area contributed by atoms with E-state index in [1.165, 1.54) is 0 Å². The first-order valence-electron chi connectivity index (χ1n) is 10.3. The lowest BCUT2D eigenvalue weighted by molar-refractivity contribution is 0.00578. The van der Waals surface area contributed by atoms with Gasteiger partial charge in [-0.25, -0.2) is 4.79 Å². The van der Waals surface area contributed by atoms with Gasteiger partial charge in [-0.2, -0.15) is 5.10 Å². The molecule has 2 saturated heterocycles. The molecule has 3 rings (SSSR count). The summed E-state index contributed by atoms with van der Waals surface area (Å²) in [6, 6.07) is 0.0784. The molecule has 0 N–H and O–H groups in total. The summed E-state index contributed by atoms with van der Waals surface area (Å²) in [5.74, 6) is 0. The van der Waals surface area contributed by atoms with Crippen LogP contribution in [0.1, 0.15) is 67.7 Å². The standard InChI is InChI=1S/C20H34BN3O4/c1-18(2,3)26-17(25)24-11-9-8-10-16(24)14-23-13-15(12-22-23)21-27-19(4,5)20(6,7)28-21/h12-13,16H,8-11,14H2,1-7H3/t16-/m1/s1. The maximum atomic E-state index is 12.6. The molecule has 2 aliphatic heterocycles. The third kappa shape index (κ3) is 4.54. The molecule has 1 amide bonds. The van der Waals surface area contributed by atoms with Crippen LogP contribution in [0.4, 0.5) is 4.79 Å². The van der Waals surface area contributed by atoms with E-state index in [0.717, 1.165) is 31.3 Å². The lowest BCUT2D eigenvalue weighted by atomic mass is 9.82. The Kier molecular flexibility index (Phi) is 5.58. The molecule has 2 fully saturated rings. The zero-order chi connectivity index (χ0) is 20.7. The van der Waals surface area contributed by atoms with Gasteiger partial charge in [0.2, 0.25) is 0 Å². The molecular weight excluding hydrogens is 357 g/mol. The smallest absolute Gasteiger partial charge is 0.444 e. The average molecular weight is 391 g/mol. The monoisotopic (exact) mass is 391 g/mol. The predicted molar refractivity (Wildman–Crippen MR) is 109 cm³/mol. The SMILES string of the molecule is CC(C)(C)OC(=O)N1CCCC[C@@H]1Cn1cc(B2OC(C)(C)C(C)(C)O2)cn1. The van der Waals surface area contributed by atoms with Crippen molar-refractivity contribution < 1.29 is 18.8 Å². The van der Waals surface area contributed by atoms with Gasteiger partial charge in [0.05, 0.1) is 23.8 Å². The molecule has 7 nitrogen and oxygen atoms in total. The third-order valence-electron chi connectivity index (χ3n) is 5.83. The first-order chi connectivity index (χ1) is 12.9. The highest BCUT2D eigenvalue weighted by Crippen LogP contribution is 2.36. The largest absolute Gasteiger partial charge is 0.498 e. The summed E-state index contributed by atoms with van der Waals surface area (Å²) in [7, 11) is -0.424. The second-order valence-electron chi connectivity index (χ2n) is 9.91. The Morgan fingerprint density at radius 2 is 1.89 bits per heavy atom. The van der Waals surface area contributed by atoms with Crippen molar-refractivity contribution in [3.8, 4) is 0 Å². The van der Waals surface area contributed by atoms with Gasteiger partial charge in [0.25, 0.3) is 0 Å². The molecule has 1 atom stereocenters. The van der Waals surface area contributed by atoms with E-state index in [2.05, 4.69) is 5.10 Å². The Labute approximate surface area is 168 Å². The molecule has 1 aromatic rings. The first kappa shape index (κ1) is 21.2. The maximum absolute atomic E-state index is 12.6. The predicted octanol–water partition coefficient (Wildman–Crippen LogP) is 2.97. The van der Waals surface area contributed by atoms with Crippen molar-refractivity contribution in [1.29, 1.82) is 0 Å². The summed E-state index contributed by atoms with van der Waals surface area (Å²) in [6.07, 6.45) is 6.58. The van der Waals surface area contributed by atoms with Crippen LogP contribution in [-0.4, -0.2) is 57.3 Å². The minimum Gasteiger partial charge on any atom is -0.444 e. The molecule has 0 aromatic carbocycles. The molecule has 2 aliphatic rings. The number of amides is 1. The fourth-order valence-electron chi connectivity index (χ4n) is 3.55. The molecule has 1 aromatic heterocycles. The number of aromatic nitrogens is 2. The van der Waals surface area contributed by atoms with Crippen LogP contribution in [0, 0.1) is 0 Å². The molecular formula is C20H34BN3O4. The topological polar surface area (TPSA) is 65.8 Å². The number of hydrogen-bond acceptors (Lipinski definition) is 5. The van der Waals surface area contributed by atoms with E-state index in [1.54, 1.807) is 6.20 Å². The van der Waals surface area contributed by atoms with E-state index in [0.29, 0.717) is 6.54 Å². The summed E-state index contributed by atoms with van der Waals surface area (Å²) >= 11 is 0. The Hall–Kier alpha value is -1.54. The maximum Gasteiger partial charge on any atom is 0.498 e. The van der Waals surface area contributed by atoms with Crippen LogP contribution < -0.4 is 5.46 Å². The summed E-state index contributed by atoms with van der Waals surface area (Å²) in [5.41, 5.74) is -0.347. The molecule has 0 unspecified atom stereocenters. The van der Waals surface area contributed by atoms with Crippen molar-refractivity contribution in [3.05, 3.63) is 12.4 Å². The molecule has 0 bridgehead atoms. The van der Waals surface area contributed by atoms with E-state index in [-0.39, 0.29) is 23.3 Å². The number of hydrogen-bond donors (Lipinski definition) is 0. The van der Waals surface area contributed by atoms with Gasteiger partial charge in [0.1, 0.15) is 5.60 Å². The van der Waals surface area contributed by atoms with Gasteiger partial charge in [0, 0.05) is 24.4 Å². The zero-order valence-corrected chi connectivity index (χ0v) is 18.3. The number of carbonyl (C=O) groups excluding carboxylic acids is 1. The molecule has 28 heavy (non-hydrogen) atoms. The quantitative estimate of drug-likeness (QED) is 0.742. The number of likely N-dealkylation sites (tertiary alicyclic amines) is 1. The van der Waals surface area contributed by atoms with Crippen molar-refractivity contribution in [3.63, 3.8) is 0 Å². The summed E-state index contributed by atoms with van der Waals surface area (Å²) in [5, 5.41) is 4.50. The van der Waals surface area contributed by atoms with Gasteiger partial charge in [-0.3, -0.25) is 4.68 Å². The molecule has 0 spiro atoms. The molecule has 0 radical (unpaired) electrons. The van der Waals surface area contributed by atoms with Crippen LogP contribution >= 0.6 is 0 Å². The molecule has 3 heterocycles. The Morgan fingerprint density at radius 1 is 1.25 bits per heavy atom. The number of rotatable bonds is 3. The van der Waals surface area contributed by atoms with E-state index >= 15 is 0 Å². The van der Waals surface area contributed by atoms with E-state index in [4.69, 9.17) is 14.0 Å². The average Bonchev–Trinajstić information content (AvgIpc) is 3.08. The zero-order valence-electron chi connectivity index (χ0n) is 18.3. The van der Waals surface area contributed by atoms with Crippen molar-refractivity contribution in [1.82, 2.24) is 14.7 Å². The van der Waals surface area contributed by atoms with Crippen molar-refractivity contribution in [2.45, 2.75) is 97.1 Å². The van der Waals surface area contributed by atoms with Crippen LogP contribution in [-0.2, 0) is 20.6 Å². The lowest BCUT2D eigenvalue weighted by Crippen LogP contribution is -2.48. The number of carbonyl (C=O) groups is 1. The van der Waals surface area contributed by atoms with Crippen LogP contribution in [0.15, 0.2) is 12.4 Å². The van der Waals surface area contributed by atoms with Gasteiger partial charge in [-0.15, -0.1) is 0 Å². The molecule has 8 heteroatoms. The number of nitrogens with zero attached hydrogens (tertiary/aromatic N) is 3. The van der Waals surface area contributed by atoms with Gasteiger partial charge < -0.3 is 18.9 Å². The fourth-order valence-corrected chi connectivity index (χ4v) is 3.55. The highest BCUT2D eigenvalue weighted by molar-refractivity contribution is 6.61. The van der Waals surface area contributed by atoms with Crippen molar-refractivity contribution >= 4 is 18.7 Å². The molecule has 0 saturated carbocycles. The van der Waals surface area contributed by atoms with E-state index in [9.17, 15) is 4.79 Å². The fraction of sp³-hybridized carbons (Fsp3) is 0.800. The van der Waals surface area contributed by atoms with Gasteiger partial charge in [-0.05, 0) is 67.7 Å². The summed E-state index contributed by atoms with van der Waals surface area (Å²) in [4.78, 5) is 14.5. The normalized spacial score (nSPS) is 24.5. The highest BCUT2D eigenvalue weighted by Gasteiger charge is 2.52. The van der Waals surface area contributed by atoms with Crippen LogP contribution in [0.5, 0.6) is 0 Å². The van der Waals surface area contributed by atoms with E-state index in [1.807, 2.05) is 64.2 Å². The van der Waals surface area contributed by atoms with Gasteiger partial charge in [-0.1, -0.05) is 0 Å². The number of piperidine rings is 1. The van der Waals surface area contributed by atoms with Gasteiger partial charge >= 0.3 is 13.2 Å². The third-order valence-corrected chi connectivity index (χ3v) is 5.83. The summed E-state index contributed by atoms with van der Waals surface area (Å²) in [6.45, 7) is 15.2. The van der Waals surface area contributed by atoms with Crippen molar-refractivity contribution in [2.75, 3.05) is 6.54 Å². The lowest BCUT2D eigenvalue weighted by Gasteiger charge is -2.36. The minimum absolute atomic E-state index is 0.0784. The number of ether oxygens (including phenoxy) is 1. The van der Waals surface area contributed by atoms with E-state index < -0.39 is 12.7 Å². The van der Waals surface area contributed by atoms with Crippen LogP contribution in [0.2, 0.25) is 0 Å². The van der Waals surface area contributed by atoms with Crippen molar-refractivity contribution in [2.24, 2.45) is 0 Å². The molecule has 156 valence electrons. The molecule has 0 aliphatic carbocycles. The first-order valence-corrected chi connectivity index (χ1v) is 10.3. The second-order valence-corrected chi connectivity index (χ2v) is 9.91. The Balaban J connectivity index is 1.67. The van der Waals surface area contributed by atoms with Crippen LogP contribution in [0.3, 0.4) is 0 Å². The summed E-state index contributed by atoms with van der Waals surface area (Å²) < 4.78 is 19.7. The minimum atomic E-state index is -0.491. The van der Waals surface area contributed by atoms with Crippen LogP contribution in [0.25, 0.3) is 0 Å². The Morgan fingerprint density at radius 3 is 2.50 bits per heavy atom. The highest BCUT2D eigenvalue weighted by atomic mass is 16.7. The Bertz CT molecular complexity index is 695. The van der Waals surface area contributed by atoms with Gasteiger partial charge in [0.15, 0.2) is 0 Å². The second kappa shape index (κ2) is 7.37.